The lowest BCUT2D eigenvalue weighted by molar-refractivity contribution is 0.311. The topological polar surface area (TPSA) is 35.8 Å². The smallest absolute Gasteiger partial charge is 0.0832 e. The van der Waals surface area contributed by atoms with Crippen molar-refractivity contribution >= 4 is 17.1 Å². The molecule has 2 fully saturated rings. The van der Waals surface area contributed by atoms with Gasteiger partial charge < -0.3 is 10.1 Å². The minimum absolute atomic E-state index is 0.175. The van der Waals surface area contributed by atoms with E-state index in [2.05, 4.69) is 58.6 Å². The molecule has 3 nitrogen and oxygen atoms in total. The molecule has 2 aromatic rings. The summed E-state index contributed by atoms with van der Waals surface area (Å²) in [6.45, 7) is 0. The van der Waals surface area contributed by atoms with Gasteiger partial charge in [-0.05, 0) is 49.4 Å². The van der Waals surface area contributed by atoms with Crippen molar-refractivity contribution in [1.82, 2.24) is 0 Å². The van der Waals surface area contributed by atoms with Crippen molar-refractivity contribution in [3.63, 3.8) is 0 Å². The van der Waals surface area contributed by atoms with Crippen LogP contribution in [0, 0.1) is 11.8 Å². The summed E-state index contributed by atoms with van der Waals surface area (Å²) in [7, 11) is 0. The van der Waals surface area contributed by atoms with Crippen molar-refractivity contribution in [3.05, 3.63) is 60.7 Å². The average Bonchev–Trinajstić information content (AvgIpc) is 3.18. The summed E-state index contributed by atoms with van der Waals surface area (Å²) in [6, 6.07) is 21.0. The van der Waals surface area contributed by atoms with Gasteiger partial charge in [-0.2, -0.15) is 0 Å². The van der Waals surface area contributed by atoms with Gasteiger partial charge in [0.05, 0.1) is 11.8 Å². The molecule has 22 heavy (non-hydrogen) atoms. The molecular formula is C19H20N2O. The van der Waals surface area contributed by atoms with Crippen molar-refractivity contribution in [2.75, 3.05) is 4.90 Å². The Kier molecular flexibility index (Phi) is 3.34. The molecule has 2 aromatic carbocycles. The molecule has 2 aliphatic rings. The quantitative estimate of drug-likeness (QED) is 0.670. The van der Waals surface area contributed by atoms with E-state index in [1.807, 2.05) is 12.1 Å². The van der Waals surface area contributed by atoms with Crippen LogP contribution in [-0.2, 0) is 0 Å². The van der Waals surface area contributed by atoms with Crippen LogP contribution in [0.3, 0.4) is 0 Å². The Morgan fingerprint density at radius 2 is 1.45 bits per heavy atom. The van der Waals surface area contributed by atoms with Gasteiger partial charge in [-0.15, -0.1) is 0 Å². The van der Waals surface area contributed by atoms with Crippen LogP contribution < -0.4 is 4.90 Å². The zero-order valence-electron chi connectivity index (χ0n) is 12.5. The molecular weight excluding hydrogens is 272 g/mol. The highest BCUT2D eigenvalue weighted by Crippen LogP contribution is 2.47. The summed E-state index contributed by atoms with van der Waals surface area (Å²) in [5.41, 5.74) is 3.28. The number of nitrogens with zero attached hydrogens (tertiary/aromatic N) is 2. The molecule has 0 aromatic heterocycles. The molecule has 0 saturated heterocycles. The van der Waals surface area contributed by atoms with Gasteiger partial charge in [-0.25, -0.2) is 0 Å². The number of hydrogen-bond acceptors (Lipinski definition) is 3. The number of fused-ring (bicyclic) bond motifs is 2. The molecule has 0 radical (unpaired) electrons. The van der Waals surface area contributed by atoms with Crippen molar-refractivity contribution in [3.8, 4) is 0 Å². The van der Waals surface area contributed by atoms with Gasteiger partial charge in [0.25, 0.3) is 0 Å². The fourth-order valence-electron chi connectivity index (χ4n) is 4.19. The third-order valence-corrected chi connectivity index (χ3v) is 5.10. The first-order chi connectivity index (χ1) is 10.9. The van der Waals surface area contributed by atoms with E-state index in [4.69, 9.17) is 0 Å². The standard InChI is InChI=1S/C19H20N2O/c22-20-18-14-11-12-15(13-14)19(18)21(16-7-3-1-4-8-16)17-9-5-2-6-10-17/h1-10,14-15,19,22H,11-13H2. The maximum absolute atomic E-state index is 9.56. The van der Waals surface area contributed by atoms with E-state index in [9.17, 15) is 5.21 Å². The van der Waals surface area contributed by atoms with Gasteiger partial charge in [0, 0.05) is 17.3 Å². The molecule has 2 bridgehead atoms. The number of benzene rings is 2. The van der Waals surface area contributed by atoms with Crippen LogP contribution >= 0.6 is 0 Å². The Morgan fingerprint density at radius 3 is 2.00 bits per heavy atom. The largest absolute Gasteiger partial charge is 0.411 e. The molecule has 3 unspecified atom stereocenters. The molecule has 3 heteroatoms. The lowest BCUT2D eigenvalue weighted by Gasteiger charge is -2.36. The second kappa shape index (κ2) is 5.48. The van der Waals surface area contributed by atoms with Gasteiger partial charge in [-0.3, -0.25) is 0 Å². The van der Waals surface area contributed by atoms with Gasteiger partial charge >= 0.3 is 0 Å². The Hall–Kier alpha value is -2.29. The van der Waals surface area contributed by atoms with E-state index in [1.165, 1.54) is 6.42 Å². The SMILES string of the molecule is ON=C1C2CCC(C2)C1N(c1ccccc1)c1ccccc1. The maximum atomic E-state index is 9.56. The number of hydrogen-bond donors (Lipinski definition) is 1. The minimum atomic E-state index is 0.175. The third kappa shape index (κ3) is 2.08. The van der Waals surface area contributed by atoms with Crippen LogP contribution in [0.5, 0.6) is 0 Å². The predicted octanol–water partition coefficient (Wildman–Crippen LogP) is 4.45. The second-order valence-corrected chi connectivity index (χ2v) is 6.28. The van der Waals surface area contributed by atoms with E-state index in [-0.39, 0.29) is 6.04 Å². The summed E-state index contributed by atoms with van der Waals surface area (Å²) in [6.07, 6.45) is 3.54. The summed E-state index contributed by atoms with van der Waals surface area (Å²) < 4.78 is 0. The highest BCUT2D eigenvalue weighted by molar-refractivity contribution is 5.98. The van der Waals surface area contributed by atoms with E-state index in [0.29, 0.717) is 11.8 Å². The first-order valence-corrected chi connectivity index (χ1v) is 7.99. The molecule has 4 rings (SSSR count). The lowest BCUT2D eigenvalue weighted by atomic mass is 9.91. The van der Waals surface area contributed by atoms with E-state index < -0.39 is 0 Å². The fourth-order valence-corrected chi connectivity index (χ4v) is 4.19. The van der Waals surface area contributed by atoms with Gasteiger partial charge in [-0.1, -0.05) is 41.6 Å². The molecule has 0 amide bonds. The average molecular weight is 292 g/mol. The zero-order chi connectivity index (χ0) is 14.9. The van der Waals surface area contributed by atoms with Gasteiger partial charge in [0.2, 0.25) is 0 Å². The van der Waals surface area contributed by atoms with Crippen molar-refractivity contribution in [1.29, 1.82) is 0 Å². The van der Waals surface area contributed by atoms with Crippen LogP contribution in [0.1, 0.15) is 19.3 Å². The Morgan fingerprint density at radius 1 is 0.864 bits per heavy atom. The lowest BCUT2D eigenvalue weighted by Crippen LogP contribution is -2.42. The van der Waals surface area contributed by atoms with Crippen LogP contribution in [-0.4, -0.2) is 17.0 Å². The highest BCUT2D eigenvalue weighted by atomic mass is 16.4. The molecule has 112 valence electrons. The summed E-state index contributed by atoms with van der Waals surface area (Å²) >= 11 is 0. The summed E-state index contributed by atoms with van der Waals surface area (Å²) in [5.74, 6) is 1.03. The normalized spacial score (nSPS) is 28.2. The monoisotopic (exact) mass is 292 g/mol. The zero-order valence-corrected chi connectivity index (χ0v) is 12.5. The first-order valence-electron chi connectivity index (χ1n) is 7.99. The van der Waals surface area contributed by atoms with Crippen LogP contribution in [0.4, 0.5) is 11.4 Å². The van der Waals surface area contributed by atoms with Crippen molar-refractivity contribution < 1.29 is 5.21 Å². The molecule has 2 saturated carbocycles. The Labute approximate surface area is 130 Å². The number of anilines is 2. The summed E-state index contributed by atoms with van der Waals surface area (Å²) in [4.78, 5) is 2.35. The highest BCUT2D eigenvalue weighted by Gasteiger charge is 2.48. The molecule has 1 N–H and O–H groups in total. The second-order valence-electron chi connectivity index (χ2n) is 6.28. The molecule has 0 spiro atoms. The number of rotatable bonds is 3. The Balaban J connectivity index is 1.81. The van der Waals surface area contributed by atoms with E-state index in [0.717, 1.165) is 29.9 Å². The van der Waals surface area contributed by atoms with Crippen molar-refractivity contribution in [2.45, 2.75) is 25.3 Å². The minimum Gasteiger partial charge on any atom is -0.411 e. The fraction of sp³-hybridized carbons (Fsp3) is 0.316. The molecule has 3 atom stereocenters. The number of oxime groups is 1. The maximum Gasteiger partial charge on any atom is 0.0832 e. The van der Waals surface area contributed by atoms with Crippen LogP contribution in [0.25, 0.3) is 0 Å². The van der Waals surface area contributed by atoms with Gasteiger partial charge in [0.1, 0.15) is 0 Å². The summed E-state index contributed by atoms with van der Waals surface area (Å²) in [5, 5.41) is 13.3. The van der Waals surface area contributed by atoms with Crippen LogP contribution in [0.2, 0.25) is 0 Å². The molecule has 0 aliphatic heterocycles. The van der Waals surface area contributed by atoms with E-state index >= 15 is 0 Å². The predicted molar refractivity (Wildman–Crippen MR) is 88.9 cm³/mol. The molecule has 0 heterocycles. The van der Waals surface area contributed by atoms with Gasteiger partial charge in [0.15, 0.2) is 0 Å². The third-order valence-electron chi connectivity index (χ3n) is 5.10. The molecule has 2 aliphatic carbocycles. The van der Waals surface area contributed by atoms with Crippen molar-refractivity contribution in [2.24, 2.45) is 17.0 Å². The Bertz CT molecular complexity index is 629. The number of para-hydroxylation sites is 2. The van der Waals surface area contributed by atoms with E-state index in [1.54, 1.807) is 0 Å². The van der Waals surface area contributed by atoms with Crippen LogP contribution in [0.15, 0.2) is 65.8 Å². The first kappa shape index (κ1) is 13.4.